The molecule has 0 aliphatic carbocycles. The Morgan fingerprint density at radius 2 is 1.84 bits per heavy atom. The highest BCUT2D eigenvalue weighted by atomic mass is 19.4. The molecule has 2 aliphatic heterocycles. The number of fused-ring (bicyclic) bond motifs is 1. The van der Waals surface area contributed by atoms with Crippen LogP contribution in [0, 0.1) is 0 Å². The number of aliphatic hydroxyl groups is 1. The normalized spacial score (nSPS) is 24.4. The minimum atomic E-state index is -4.36. The second-order valence-corrected chi connectivity index (χ2v) is 11.1. The van der Waals surface area contributed by atoms with Gasteiger partial charge in [-0.05, 0) is 80.1 Å². The Morgan fingerprint density at radius 1 is 1.11 bits per heavy atom. The lowest BCUT2D eigenvalue weighted by molar-refractivity contribution is -0.138. The Labute approximate surface area is 218 Å². The molecule has 2 aliphatic rings. The lowest BCUT2D eigenvalue weighted by Gasteiger charge is -2.49. The molecule has 0 spiro atoms. The molecule has 9 heteroatoms. The van der Waals surface area contributed by atoms with Crippen molar-refractivity contribution in [1.82, 2.24) is 15.2 Å². The molecule has 6 nitrogen and oxygen atoms in total. The standard InChI is InChI=1S/C29H30F3N3O3/c1-27(2)17-28(38,11-12-35(27)16-18-3-5-21(6-4-18)29(30,31)32)22-7-9-24-19(14-22)13-20(15-33-24)23-8-10-25(36)34-26(23)37/h3-7,9,13-15,23,38H,8,10-12,16-17H2,1-2H3,(H,34,36,37)/t23?,28-/m0/s1. The lowest BCUT2D eigenvalue weighted by Crippen LogP contribution is -2.54. The molecule has 200 valence electrons. The van der Waals surface area contributed by atoms with E-state index in [1.807, 2.05) is 38.1 Å². The van der Waals surface area contributed by atoms with E-state index < -0.39 is 28.8 Å². The summed E-state index contributed by atoms with van der Waals surface area (Å²) in [6.07, 6.45) is -1.08. The summed E-state index contributed by atoms with van der Waals surface area (Å²) < 4.78 is 38.8. The molecule has 2 atom stereocenters. The number of nitrogens with zero attached hydrogens (tertiary/aromatic N) is 2. The van der Waals surface area contributed by atoms with Crippen molar-refractivity contribution in [2.24, 2.45) is 0 Å². The third kappa shape index (κ3) is 5.17. The van der Waals surface area contributed by atoms with Crippen LogP contribution in [-0.4, -0.2) is 38.9 Å². The molecule has 1 aromatic heterocycles. The highest BCUT2D eigenvalue weighted by molar-refractivity contribution is 6.01. The molecule has 2 amide bonds. The molecule has 0 saturated carbocycles. The van der Waals surface area contributed by atoms with E-state index in [2.05, 4.69) is 15.2 Å². The first-order valence-electron chi connectivity index (χ1n) is 12.7. The summed E-state index contributed by atoms with van der Waals surface area (Å²) in [6, 6.07) is 12.8. The average Bonchev–Trinajstić information content (AvgIpc) is 2.84. The van der Waals surface area contributed by atoms with E-state index in [0.29, 0.717) is 32.4 Å². The zero-order chi connectivity index (χ0) is 27.3. The summed E-state index contributed by atoms with van der Waals surface area (Å²) in [6.45, 7) is 5.12. The van der Waals surface area contributed by atoms with Gasteiger partial charge in [-0.1, -0.05) is 18.2 Å². The number of hydrogen-bond donors (Lipinski definition) is 2. The Hall–Kier alpha value is -3.30. The first-order valence-corrected chi connectivity index (χ1v) is 12.7. The minimum absolute atomic E-state index is 0.267. The number of halogens is 3. The van der Waals surface area contributed by atoms with E-state index in [1.54, 1.807) is 6.20 Å². The van der Waals surface area contributed by atoms with Crippen molar-refractivity contribution in [1.29, 1.82) is 0 Å². The van der Waals surface area contributed by atoms with E-state index in [0.717, 1.165) is 39.7 Å². The van der Waals surface area contributed by atoms with Crippen LogP contribution in [0.1, 0.15) is 67.7 Å². The number of hydrogen-bond acceptors (Lipinski definition) is 5. The van der Waals surface area contributed by atoms with Gasteiger partial charge < -0.3 is 5.11 Å². The summed E-state index contributed by atoms with van der Waals surface area (Å²) >= 11 is 0. The van der Waals surface area contributed by atoms with Gasteiger partial charge in [-0.25, -0.2) is 0 Å². The zero-order valence-electron chi connectivity index (χ0n) is 21.3. The molecular formula is C29H30F3N3O3. The number of likely N-dealkylation sites (tertiary alicyclic amines) is 1. The zero-order valence-corrected chi connectivity index (χ0v) is 21.3. The number of amides is 2. The smallest absolute Gasteiger partial charge is 0.385 e. The van der Waals surface area contributed by atoms with Gasteiger partial charge in [0.25, 0.3) is 0 Å². The number of imide groups is 1. The quantitative estimate of drug-likeness (QED) is 0.467. The second kappa shape index (κ2) is 9.47. The van der Waals surface area contributed by atoms with Gasteiger partial charge >= 0.3 is 6.18 Å². The number of aromatic nitrogens is 1. The van der Waals surface area contributed by atoms with Crippen molar-refractivity contribution in [2.45, 2.75) is 69.3 Å². The van der Waals surface area contributed by atoms with Crippen LogP contribution in [0.4, 0.5) is 13.2 Å². The van der Waals surface area contributed by atoms with Gasteiger partial charge in [0.2, 0.25) is 11.8 Å². The molecule has 1 unspecified atom stereocenters. The minimum Gasteiger partial charge on any atom is -0.385 e. The molecule has 2 N–H and O–H groups in total. The third-order valence-electron chi connectivity index (χ3n) is 7.91. The van der Waals surface area contributed by atoms with Gasteiger partial charge in [0.05, 0.1) is 22.6 Å². The molecule has 38 heavy (non-hydrogen) atoms. The van der Waals surface area contributed by atoms with Crippen molar-refractivity contribution >= 4 is 22.7 Å². The lowest BCUT2D eigenvalue weighted by atomic mass is 9.75. The maximum atomic E-state index is 12.9. The fourth-order valence-electron chi connectivity index (χ4n) is 5.74. The first-order chi connectivity index (χ1) is 17.8. The highest BCUT2D eigenvalue weighted by Gasteiger charge is 2.44. The van der Waals surface area contributed by atoms with Crippen LogP contribution in [0.3, 0.4) is 0 Å². The Morgan fingerprint density at radius 3 is 2.50 bits per heavy atom. The van der Waals surface area contributed by atoms with Crippen LogP contribution in [0.5, 0.6) is 0 Å². The number of carbonyl (C=O) groups is 2. The highest BCUT2D eigenvalue weighted by Crippen LogP contribution is 2.42. The van der Waals surface area contributed by atoms with Crippen LogP contribution < -0.4 is 5.32 Å². The monoisotopic (exact) mass is 525 g/mol. The number of benzene rings is 2. The van der Waals surface area contributed by atoms with Gasteiger partial charge in [-0.15, -0.1) is 0 Å². The molecule has 2 fully saturated rings. The summed E-state index contributed by atoms with van der Waals surface area (Å²) in [5, 5.41) is 15.0. The van der Waals surface area contributed by atoms with Crippen molar-refractivity contribution < 1.29 is 27.9 Å². The Bertz CT molecular complexity index is 1390. The van der Waals surface area contributed by atoms with Crippen LogP contribution in [-0.2, 0) is 27.9 Å². The summed E-state index contributed by atoms with van der Waals surface area (Å²) in [4.78, 5) is 30.6. The number of piperidine rings is 2. The maximum absolute atomic E-state index is 12.9. The van der Waals surface area contributed by atoms with Gasteiger partial charge in [0, 0.05) is 36.6 Å². The van der Waals surface area contributed by atoms with Crippen LogP contribution in [0.2, 0.25) is 0 Å². The largest absolute Gasteiger partial charge is 0.416 e. The van der Waals surface area contributed by atoms with Crippen molar-refractivity contribution in [3.05, 3.63) is 77.0 Å². The Balaban J connectivity index is 1.35. The van der Waals surface area contributed by atoms with E-state index in [1.165, 1.54) is 12.1 Å². The first kappa shape index (κ1) is 26.3. The molecule has 2 saturated heterocycles. The second-order valence-electron chi connectivity index (χ2n) is 11.1. The van der Waals surface area contributed by atoms with Crippen LogP contribution >= 0.6 is 0 Å². The van der Waals surface area contributed by atoms with Gasteiger partial charge in [0.1, 0.15) is 0 Å². The van der Waals surface area contributed by atoms with Crippen molar-refractivity contribution in [2.75, 3.05) is 6.54 Å². The fourth-order valence-corrected chi connectivity index (χ4v) is 5.74. The predicted molar refractivity (Wildman–Crippen MR) is 136 cm³/mol. The summed E-state index contributed by atoms with van der Waals surface area (Å²) in [5.41, 5.74) is 0.839. The van der Waals surface area contributed by atoms with E-state index in [-0.39, 0.29) is 18.2 Å². The van der Waals surface area contributed by atoms with Crippen LogP contribution in [0.15, 0.2) is 54.7 Å². The number of pyridine rings is 1. The number of carbonyl (C=O) groups excluding carboxylic acids is 2. The summed E-state index contributed by atoms with van der Waals surface area (Å²) in [5.74, 6) is -1.03. The van der Waals surface area contributed by atoms with Crippen LogP contribution in [0.25, 0.3) is 10.9 Å². The molecule has 3 aromatic rings. The molecule has 5 rings (SSSR count). The molecule has 2 aromatic carbocycles. The SMILES string of the molecule is CC1(C)C[C@](O)(c2ccc3ncc(C4CCC(=O)NC4=O)cc3c2)CCN1Cc1ccc(C(F)(F)F)cc1. The molecular weight excluding hydrogens is 495 g/mol. The average molecular weight is 526 g/mol. The third-order valence-corrected chi connectivity index (χ3v) is 7.91. The number of nitrogens with one attached hydrogen (secondary N) is 1. The molecule has 0 radical (unpaired) electrons. The van der Waals surface area contributed by atoms with Gasteiger partial charge in [-0.3, -0.25) is 24.8 Å². The number of rotatable bonds is 4. The molecule has 3 heterocycles. The summed E-state index contributed by atoms with van der Waals surface area (Å²) in [7, 11) is 0. The van der Waals surface area contributed by atoms with Crippen molar-refractivity contribution in [3.63, 3.8) is 0 Å². The van der Waals surface area contributed by atoms with Crippen molar-refractivity contribution in [3.8, 4) is 0 Å². The van der Waals surface area contributed by atoms with E-state index in [9.17, 15) is 27.9 Å². The van der Waals surface area contributed by atoms with E-state index in [4.69, 9.17) is 0 Å². The van der Waals surface area contributed by atoms with Gasteiger partial charge in [0.15, 0.2) is 0 Å². The van der Waals surface area contributed by atoms with Gasteiger partial charge in [-0.2, -0.15) is 13.2 Å². The maximum Gasteiger partial charge on any atom is 0.416 e. The fraction of sp³-hybridized carbons (Fsp3) is 0.414. The number of alkyl halides is 3. The predicted octanol–water partition coefficient (Wildman–Crippen LogP) is 5.04. The topological polar surface area (TPSA) is 82.5 Å². The Kier molecular flexibility index (Phi) is 6.55. The van der Waals surface area contributed by atoms with E-state index >= 15 is 0 Å². The molecule has 0 bridgehead atoms.